The molecular formula is C13H19N5O. The first-order valence-corrected chi connectivity index (χ1v) is 6.39. The summed E-state index contributed by atoms with van der Waals surface area (Å²) in [6, 6.07) is 1.81. The monoisotopic (exact) mass is 261 g/mol. The van der Waals surface area contributed by atoms with Gasteiger partial charge in [-0.2, -0.15) is 10.1 Å². The number of nitrogens with zero attached hydrogens (tertiary/aromatic N) is 4. The molecule has 0 spiro atoms. The molecule has 19 heavy (non-hydrogen) atoms. The summed E-state index contributed by atoms with van der Waals surface area (Å²) in [6.07, 6.45) is 3.86. The first-order valence-electron chi connectivity index (χ1n) is 6.39. The minimum atomic E-state index is 0.600. The predicted octanol–water partition coefficient (Wildman–Crippen LogP) is 1.80. The number of aryl methyl sites for hydroxylation is 2. The maximum absolute atomic E-state index is 5.39. The average molecular weight is 261 g/mol. The van der Waals surface area contributed by atoms with E-state index >= 15 is 0 Å². The average Bonchev–Trinajstić information content (AvgIpc) is 2.75. The summed E-state index contributed by atoms with van der Waals surface area (Å²) in [6.45, 7) is 7.96. The number of aromatic nitrogens is 4. The van der Waals surface area contributed by atoms with E-state index in [4.69, 9.17) is 4.74 Å². The smallest absolute Gasteiger partial charge is 0.218 e. The highest BCUT2D eigenvalue weighted by atomic mass is 16.5. The fraction of sp³-hybridized carbons (Fsp3) is 0.462. The molecule has 0 aliphatic carbocycles. The summed E-state index contributed by atoms with van der Waals surface area (Å²) in [5, 5.41) is 7.48. The van der Waals surface area contributed by atoms with E-state index in [-0.39, 0.29) is 0 Å². The largest absolute Gasteiger partial charge is 0.478 e. The topological polar surface area (TPSA) is 64.9 Å². The number of hydrogen-bond acceptors (Lipinski definition) is 5. The van der Waals surface area contributed by atoms with Crippen molar-refractivity contribution in [2.75, 3.05) is 18.5 Å². The van der Waals surface area contributed by atoms with Gasteiger partial charge in [0, 0.05) is 18.8 Å². The lowest BCUT2D eigenvalue weighted by molar-refractivity contribution is 0.325. The third-order valence-corrected chi connectivity index (χ3v) is 2.52. The third kappa shape index (κ3) is 3.94. The SMILES string of the molecule is CCOc1cc(NCCn2cc(C)cn2)nc(C)n1. The van der Waals surface area contributed by atoms with Crippen LogP contribution in [-0.2, 0) is 6.54 Å². The molecule has 1 N–H and O–H groups in total. The van der Waals surface area contributed by atoms with Crippen molar-refractivity contribution in [2.24, 2.45) is 0 Å². The Balaban J connectivity index is 1.91. The van der Waals surface area contributed by atoms with Crippen LogP contribution in [0.1, 0.15) is 18.3 Å². The van der Waals surface area contributed by atoms with Gasteiger partial charge in [0.05, 0.1) is 19.3 Å². The summed E-state index contributed by atoms with van der Waals surface area (Å²) in [4.78, 5) is 8.52. The molecule has 0 saturated heterocycles. The number of ether oxygens (including phenoxy) is 1. The van der Waals surface area contributed by atoms with E-state index in [1.807, 2.05) is 43.9 Å². The zero-order chi connectivity index (χ0) is 13.7. The Labute approximate surface area is 112 Å². The molecule has 0 unspecified atom stereocenters. The predicted molar refractivity (Wildman–Crippen MR) is 73.4 cm³/mol. The molecular weight excluding hydrogens is 242 g/mol. The van der Waals surface area contributed by atoms with Crippen molar-refractivity contribution in [3.8, 4) is 5.88 Å². The van der Waals surface area contributed by atoms with Gasteiger partial charge in [0.1, 0.15) is 11.6 Å². The molecule has 0 aromatic carbocycles. The zero-order valence-electron chi connectivity index (χ0n) is 11.6. The van der Waals surface area contributed by atoms with Gasteiger partial charge < -0.3 is 10.1 Å². The van der Waals surface area contributed by atoms with Crippen molar-refractivity contribution in [1.29, 1.82) is 0 Å². The summed E-state index contributed by atoms with van der Waals surface area (Å²) < 4.78 is 7.29. The molecule has 102 valence electrons. The van der Waals surface area contributed by atoms with Gasteiger partial charge in [0.2, 0.25) is 5.88 Å². The lowest BCUT2D eigenvalue weighted by Gasteiger charge is -2.08. The molecule has 6 heteroatoms. The van der Waals surface area contributed by atoms with Crippen LogP contribution in [0, 0.1) is 13.8 Å². The Hall–Kier alpha value is -2.11. The van der Waals surface area contributed by atoms with Crippen molar-refractivity contribution in [1.82, 2.24) is 19.7 Å². The quantitative estimate of drug-likeness (QED) is 0.859. The Morgan fingerprint density at radius 3 is 2.84 bits per heavy atom. The second kappa shape index (κ2) is 6.17. The summed E-state index contributed by atoms with van der Waals surface area (Å²) >= 11 is 0. The molecule has 0 atom stereocenters. The summed E-state index contributed by atoms with van der Waals surface area (Å²) in [5.41, 5.74) is 1.16. The second-order valence-corrected chi connectivity index (χ2v) is 4.28. The summed E-state index contributed by atoms with van der Waals surface area (Å²) in [5.74, 6) is 2.08. The van der Waals surface area contributed by atoms with Gasteiger partial charge in [-0.25, -0.2) is 4.98 Å². The van der Waals surface area contributed by atoms with E-state index in [1.165, 1.54) is 0 Å². The van der Waals surface area contributed by atoms with Gasteiger partial charge in [-0.3, -0.25) is 4.68 Å². The van der Waals surface area contributed by atoms with Crippen LogP contribution < -0.4 is 10.1 Å². The van der Waals surface area contributed by atoms with Gasteiger partial charge in [0.15, 0.2) is 0 Å². The molecule has 2 heterocycles. The normalized spacial score (nSPS) is 10.5. The Morgan fingerprint density at radius 2 is 2.16 bits per heavy atom. The highest BCUT2D eigenvalue weighted by Gasteiger charge is 2.02. The minimum Gasteiger partial charge on any atom is -0.478 e. The molecule has 0 aliphatic rings. The first kappa shape index (κ1) is 13.3. The molecule has 0 bridgehead atoms. The molecule has 0 saturated carbocycles. The van der Waals surface area contributed by atoms with Crippen molar-refractivity contribution in [2.45, 2.75) is 27.3 Å². The van der Waals surface area contributed by atoms with Gasteiger partial charge in [-0.15, -0.1) is 0 Å². The van der Waals surface area contributed by atoms with Gasteiger partial charge in [-0.1, -0.05) is 0 Å². The van der Waals surface area contributed by atoms with Gasteiger partial charge >= 0.3 is 0 Å². The highest BCUT2D eigenvalue weighted by molar-refractivity contribution is 5.38. The molecule has 0 aliphatic heterocycles. The van der Waals surface area contributed by atoms with Crippen LogP contribution >= 0.6 is 0 Å². The molecule has 2 aromatic rings. The number of rotatable bonds is 6. The molecule has 2 aromatic heterocycles. The van der Waals surface area contributed by atoms with Gasteiger partial charge in [-0.05, 0) is 26.3 Å². The Morgan fingerprint density at radius 1 is 1.32 bits per heavy atom. The van der Waals surface area contributed by atoms with Crippen LogP contribution in [0.5, 0.6) is 5.88 Å². The van der Waals surface area contributed by atoms with Crippen LogP contribution in [-0.4, -0.2) is 32.9 Å². The standard InChI is InChI=1S/C13H19N5O/c1-4-19-13-7-12(16-11(3)17-13)14-5-6-18-9-10(2)8-15-18/h7-9H,4-6H2,1-3H3,(H,14,16,17). The molecule has 0 radical (unpaired) electrons. The minimum absolute atomic E-state index is 0.600. The molecule has 2 rings (SSSR count). The van der Waals surface area contributed by atoms with Crippen LogP contribution in [0.2, 0.25) is 0 Å². The molecule has 0 amide bonds. The Bertz CT molecular complexity index is 538. The van der Waals surface area contributed by atoms with Crippen LogP contribution in [0.4, 0.5) is 5.82 Å². The van der Waals surface area contributed by atoms with Gasteiger partial charge in [0.25, 0.3) is 0 Å². The van der Waals surface area contributed by atoms with E-state index in [0.717, 1.165) is 24.5 Å². The van der Waals surface area contributed by atoms with E-state index in [0.29, 0.717) is 18.3 Å². The van der Waals surface area contributed by atoms with Crippen molar-refractivity contribution in [3.63, 3.8) is 0 Å². The van der Waals surface area contributed by atoms with E-state index in [2.05, 4.69) is 20.4 Å². The lowest BCUT2D eigenvalue weighted by atomic mass is 10.4. The molecule has 6 nitrogen and oxygen atoms in total. The van der Waals surface area contributed by atoms with Crippen LogP contribution in [0.3, 0.4) is 0 Å². The highest BCUT2D eigenvalue weighted by Crippen LogP contribution is 2.12. The van der Waals surface area contributed by atoms with E-state index in [1.54, 1.807) is 0 Å². The third-order valence-electron chi connectivity index (χ3n) is 2.52. The second-order valence-electron chi connectivity index (χ2n) is 4.28. The van der Waals surface area contributed by atoms with Crippen LogP contribution in [0.15, 0.2) is 18.5 Å². The number of nitrogens with one attached hydrogen (secondary N) is 1. The number of anilines is 1. The zero-order valence-corrected chi connectivity index (χ0v) is 11.6. The fourth-order valence-electron chi connectivity index (χ4n) is 1.74. The van der Waals surface area contributed by atoms with E-state index < -0.39 is 0 Å². The maximum atomic E-state index is 5.39. The van der Waals surface area contributed by atoms with E-state index in [9.17, 15) is 0 Å². The van der Waals surface area contributed by atoms with Crippen LogP contribution in [0.25, 0.3) is 0 Å². The van der Waals surface area contributed by atoms with Crippen molar-refractivity contribution < 1.29 is 4.74 Å². The summed E-state index contributed by atoms with van der Waals surface area (Å²) in [7, 11) is 0. The lowest BCUT2D eigenvalue weighted by Crippen LogP contribution is -2.12. The molecule has 0 fully saturated rings. The number of hydrogen-bond donors (Lipinski definition) is 1. The van der Waals surface area contributed by atoms with Crippen molar-refractivity contribution in [3.05, 3.63) is 29.8 Å². The maximum Gasteiger partial charge on any atom is 0.218 e. The first-order chi connectivity index (χ1) is 9.17. The van der Waals surface area contributed by atoms with Crippen molar-refractivity contribution >= 4 is 5.82 Å². The fourth-order valence-corrected chi connectivity index (χ4v) is 1.74. The Kier molecular flexibility index (Phi) is 4.33.